The molecule has 2 aliphatic heterocycles. The van der Waals surface area contributed by atoms with Crippen molar-refractivity contribution in [3.63, 3.8) is 0 Å². The van der Waals surface area contributed by atoms with Crippen LogP contribution in [-0.2, 0) is 0 Å². The highest BCUT2D eigenvalue weighted by atomic mass is 19.1. The average molecular weight is 548 g/mol. The number of ether oxygens (including phenoxy) is 1. The molecule has 2 N–H and O–H groups in total. The number of rotatable bonds is 6. The van der Waals surface area contributed by atoms with Crippen molar-refractivity contribution in [2.75, 3.05) is 25.1 Å². The molecule has 2 saturated heterocycles. The van der Waals surface area contributed by atoms with Gasteiger partial charge < -0.3 is 20.1 Å². The normalized spacial score (nSPS) is 17.7. The SMILES string of the molecule is CC.CCCCCC.COc1nc(N2CC3CCC(C2)N3)c2cnc(-c3cc(O)cc4ccccc34)c(F)c2n1. The van der Waals surface area contributed by atoms with Crippen molar-refractivity contribution in [2.45, 2.75) is 78.3 Å². The third-order valence-corrected chi connectivity index (χ3v) is 7.40. The summed E-state index contributed by atoms with van der Waals surface area (Å²) >= 11 is 0. The molecule has 40 heavy (non-hydrogen) atoms. The highest BCUT2D eigenvalue weighted by Crippen LogP contribution is 2.37. The smallest absolute Gasteiger partial charge is 0.318 e. The number of anilines is 1. The number of hydrogen-bond acceptors (Lipinski definition) is 7. The number of benzene rings is 2. The van der Waals surface area contributed by atoms with E-state index in [2.05, 4.69) is 39.0 Å². The van der Waals surface area contributed by atoms with Crippen LogP contribution in [0.25, 0.3) is 32.9 Å². The Morgan fingerprint density at radius 2 is 1.68 bits per heavy atom. The lowest BCUT2D eigenvalue weighted by Gasteiger charge is -2.34. The third-order valence-electron chi connectivity index (χ3n) is 7.40. The van der Waals surface area contributed by atoms with E-state index in [1.54, 1.807) is 12.3 Å². The van der Waals surface area contributed by atoms with Gasteiger partial charge in [0.25, 0.3) is 0 Å². The molecular weight excluding hydrogens is 505 g/mol. The number of phenols is 1. The number of phenolic OH excluding ortho intramolecular Hbond substituents is 1. The number of halogens is 1. The summed E-state index contributed by atoms with van der Waals surface area (Å²) in [5.41, 5.74) is 0.811. The van der Waals surface area contributed by atoms with Crippen molar-refractivity contribution in [1.82, 2.24) is 20.3 Å². The Morgan fingerprint density at radius 1 is 1.00 bits per heavy atom. The maximum atomic E-state index is 15.9. The molecule has 0 radical (unpaired) electrons. The Balaban J connectivity index is 0.000000413. The number of nitrogens with one attached hydrogen (secondary N) is 1. The molecule has 214 valence electrons. The molecule has 2 aromatic heterocycles. The predicted octanol–water partition coefficient (Wildman–Crippen LogP) is 7.25. The van der Waals surface area contributed by atoms with Gasteiger partial charge in [0.2, 0.25) is 0 Å². The first-order valence-corrected chi connectivity index (χ1v) is 14.7. The number of fused-ring (bicyclic) bond motifs is 4. The molecule has 7 nitrogen and oxygen atoms in total. The second kappa shape index (κ2) is 13.7. The lowest BCUT2D eigenvalue weighted by molar-refractivity contribution is 0.380. The first-order valence-electron chi connectivity index (χ1n) is 14.7. The topological polar surface area (TPSA) is 83.4 Å². The number of hydrogen-bond donors (Lipinski definition) is 2. The first kappa shape index (κ1) is 29.5. The molecular formula is C32H42FN5O2. The van der Waals surface area contributed by atoms with Crippen molar-refractivity contribution in [1.29, 1.82) is 0 Å². The van der Waals surface area contributed by atoms with Crippen LogP contribution < -0.4 is 15.0 Å². The summed E-state index contributed by atoms with van der Waals surface area (Å²) in [5.74, 6) is 0.138. The number of piperazine rings is 1. The standard InChI is InChI=1S/C24H22FN5O2.C6H14.C2H6/c1-32-24-28-22-19(23(29-24)30-11-14-6-7-15(12-30)27-14)10-26-21(20(22)25)18-9-16(31)8-13-4-2-3-5-17(13)18;1-3-5-6-4-2;1-2/h2-5,8-10,14-15,27,31H,6-7,11-12H2,1H3;3-6H2,1-2H3;1-2H3. The highest BCUT2D eigenvalue weighted by molar-refractivity contribution is 5.99. The van der Waals surface area contributed by atoms with Gasteiger partial charge in [-0.25, -0.2) is 4.39 Å². The summed E-state index contributed by atoms with van der Waals surface area (Å²) in [6.45, 7) is 10.1. The number of aromatic nitrogens is 3. The van der Waals surface area contributed by atoms with E-state index in [4.69, 9.17) is 4.74 Å². The van der Waals surface area contributed by atoms with Gasteiger partial charge in [-0.2, -0.15) is 9.97 Å². The predicted molar refractivity (Wildman–Crippen MR) is 162 cm³/mol. The van der Waals surface area contributed by atoms with Gasteiger partial charge >= 0.3 is 6.01 Å². The van der Waals surface area contributed by atoms with Crippen LogP contribution in [-0.4, -0.2) is 52.3 Å². The molecule has 2 aromatic carbocycles. The second-order valence-corrected chi connectivity index (χ2v) is 10.2. The van der Waals surface area contributed by atoms with Crippen molar-refractivity contribution >= 4 is 27.5 Å². The molecule has 2 fully saturated rings. The fourth-order valence-electron chi connectivity index (χ4n) is 5.50. The number of unbranched alkanes of at least 4 members (excludes halogenated alkanes) is 3. The number of aromatic hydroxyl groups is 1. The first-order chi connectivity index (χ1) is 19.5. The van der Waals surface area contributed by atoms with E-state index in [1.807, 2.05) is 38.1 Å². The van der Waals surface area contributed by atoms with Crippen LogP contribution in [0.1, 0.15) is 66.2 Å². The van der Waals surface area contributed by atoms with Gasteiger partial charge in [-0.1, -0.05) is 77.6 Å². The molecule has 8 heteroatoms. The molecule has 2 atom stereocenters. The van der Waals surface area contributed by atoms with Crippen LogP contribution in [0.15, 0.2) is 42.6 Å². The highest BCUT2D eigenvalue weighted by Gasteiger charge is 2.34. The van der Waals surface area contributed by atoms with Crippen LogP contribution in [0, 0.1) is 5.82 Å². The van der Waals surface area contributed by atoms with E-state index < -0.39 is 5.82 Å². The molecule has 2 aliphatic rings. The maximum absolute atomic E-state index is 15.9. The second-order valence-electron chi connectivity index (χ2n) is 10.2. The van der Waals surface area contributed by atoms with Gasteiger partial charge in [0.15, 0.2) is 5.82 Å². The molecule has 4 heterocycles. The van der Waals surface area contributed by atoms with Crippen LogP contribution >= 0.6 is 0 Å². The fourth-order valence-corrected chi connectivity index (χ4v) is 5.50. The Hall–Kier alpha value is -3.52. The summed E-state index contributed by atoms with van der Waals surface area (Å²) in [5, 5.41) is 16.0. The molecule has 0 amide bonds. The van der Waals surface area contributed by atoms with E-state index >= 15 is 4.39 Å². The molecule has 4 aromatic rings. The minimum absolute atomic E-state index is 0.0530. The summed E-state index contributed by atoms with van der Waals surface area (Å²) in [6.07, 6.45) is 9.42. The van der Waals surface area contributed by atoms with Crippen molar-refractivity contribution in [2.24, 2.45) is 0 Å². The van der Waals surface area contributed by atoms with Crippen molar-refractivity contribution < 1.29 is 14.2 Å². The van der Waals surface area contributed by atoms with Crippen LogP contribution in [0.5, 0.6) is 11.8 Å². The van der Waals surface area contributed by atoms with E-state index in [0.717, 1.165) is 36.7 Å². The van der Waals surface area contributed by atoms with Gasteiger partial charge in [0.05, 0.1) is 12.5 Å². The Labute approximate surface area is 236 Å². The van der Waals surface area contributed by atoms with E-state index in [9.17, 15) is 5.11 Å². The summed E-state index contributed by atoms with van der Waals surface area (Å²) in [4.78, 5) is 15.6. The molecule has 6 rings (SSSR count). The van der Waals surface area contributed by atoms with E-state index in [0.29, 0.717) is 28.9 Å². The van der Waals surface area contributed by atoms with Crippen LogP contribution in [0.2, 0.25) is 0 Å². The van der Waals surface area contributed by atoms with E-state index in [1.165, 1.54) is 38.9 Å². The lowest BCUT2D eigenvalue weighted by Crippen LogP contribution is -2.51. The molecule has 0 spiro atoms. The monoisotopic (exact) mass is 547 g/mol. The quantitative estimate of drug-likeness (QED) is 0.246. The van der Waals surface area contributed by atoms with Gasteiger partial charge in [0, 0.05) is 36.9 Å². The van der Waals surface area contributed by atoms with Gasteiger partial charge in [-0.3, -0.25) is 4.98 Å². The maximum Gasteiger partial charge on any atom is 0.318 e. The number of pyridine rings is 1. The zero-order valence-corrected chi connectivity index (χ0v) is 24.4. The minimum Gasteiger partial charge on any atom is -0.508 e. The average Bonchev–Trinajstić information content (AvgIpc) is 3.33. The zero-order chi connectivity index (χ0) is 28.6. The van der Waals surface area contributed by atoms with E-state index in [-0.39, 0.29) is 23.0 Å². The Kier molecular flexibility index (Phi) is 10.1. The third kappa shape index (κ3) is 6.28. The lowest BCUT2D eigenvalue weighted by atomic mass is 10.0. The van der Waals surface area contributed by atoms with Crippen molar-refractivity contribution in [3.8, 4) is 23.0 Å². The number of methoxy groups -OCH3 is 1. The molecule has 0 saturated carbocycles. The summed E-state index contributed by atoms with van der Waals surface area (Å²) in [7, 11) is 1.48. The van der Waals surface area contributed by atoms with Crippen molar-refractivity contribution in [3.05, 3.63) is 48.4 Å². The van der Waals surface area contributed by atoms with Crippen LogP contribution in [0.4, 0.5) is 10.2 Å². The van der Waals surface area contributed by atoms with Crippen LogP contribution in [0.3, 0.4) is 0 Å². The molecule has 2 unspecified atom stereocenters. The van der Waals surface area contributed by atoms with Gasteiger partial charge in [-0.05, 0) is 35.7 Å². The summed E-state index contributed by atoms with van der Waals surface area (Å²) in [6, 6.07) is 11.6. The minimum atomic E-state index is -0.557. The fraction of sp³-hybridized carbons (Fsp3) is 0.469. The van der Waals surface area contributed by atoms with Gasteiger partial charge in [-0.15, -0.1) is 0 Å². The molecule has 2 bridgehead atoms. The largest absolute Gasteiger partial charge is 0.508 e. The molecule has 0 aliphatic carbocycles. The zero-order valence-electron chi connectivity index (χ0n) is 24.4. The summed E-state index contributed by atoms with van der Waals surface area (Å²) < 4.78 is 21.2. The van der Waals surface area contributed by atoms with Gasteiger partial charge in [0.1, 0.15) is 22.8 Å². The number of nitrogens with zero attached hydrogens (tertiary/aromatic N) is 4. The Bertz CT molecular complexity index is 1410. The Morgan fingerprint density at radius 3 is 2.33 bits per heavy atom.